The molecule has 0 heterocycles. The van der Waals surface area contributed by atoms with E-state index in [0.29, 0.717) is 34.4 Å². The van der Waals surface area contributed by atoms with Crippen molar-refractivity contribution < 1.29 is 28.9 Å². The first kappa shape index (κ1) is 29.0. The second-order valence-corrected chi connectivity index (χ2v) is 9.24. The molecule has 5 aromatic rings. The molecule has 0 aliphatic carbocycles. The zero-order valence-corrected chi connectivity index (χ0v) is 22.7. The monoisotopic (exact) mass is 590 g/mol. The standard InChI is InChI=1S/C32H22N4O8/c37-31(21-4-12-25(13-5-21)35(39)40)33-23-8-16-27(17-9-23)43-29-2-1-3-30(20-29)44-28-18-10-24(11-19-28)34-32(38)22-6-14-26(15-7-22)36(41)42/h1-20H,(H,33,37)(H,34,38). The van der Waals surface area contributed by atoms with Gasteiger partial charge in [-0.1, -0.05) is 6.07 Å². The van der Waals surface area contributed by atoms with Gasteiger partial charge in [0.05, 0.1) is 9.85 Å². The number of non-ortho nitro benzene ring substituents is 2. The molecule has 0 saturated heterocycles. The highest BCUT2D eigenvalue weighted by Gasteiger charge is 2.12. The third-order valence-electron chi connectivity index (χ3n) is 6.18. The molecule has 2 N–H and O–H groups in total. The smallest absolute Gasteiger partial charge is 0.269 e. The Hall–Kier alpha value is -6.56. The Morgan fingerprint density at radius 1 is 0.500 bits per heavy atom. The summed E-state index contributed by atoms with van der Waals surface area (Å²) in [5.41, 5.74) is 1.41. The summed E-state index contributed by atoms with van der Waals surface area (Å²) in [6.45, 7) is 0. The maximum atomic E-state index is 12.4. The lowest BCUT2D eigenvalue weighted by atomic mass is 10.2. The molecule has 0 radical (unpaired) electrons. The van der Waals surface area contributed by atoms with Crippen molar-refractivity contribution in [2.24, 2.45) is 0 Å². The van der Waals surface area contributed by atoms with Crippen molar-refractivity contribution in [2.75, 3.05) is 10.6 Å². The van der Waals surface area contributed by atoms with Crippen LogP contribution >= 0.6 is 0 Å². The summed E-state index contributed by atoms with van der Waals surface area (Å²) in [6, 6.07) is 31.0. The molecule has 0 saturated carbocycles. The highest BCUT2D eigenvalue weighted by Crippen LogP contribution is 2.30. The number of nitro groups is 2. The molecule has 0 aliphatic heterocycles. The van der Waals surface area contributed by atoms with Gasteiger partial charge >= 0.3 is 0 Å². The van der Waals surface area contributed by atoms with Crippen LogP contribution in [0.1, 0.15) is 20.7 Å². The first-order valence-corrected chi connectivity index (χ1v) is 13.0. The van der Waals surface area contributed by atoms with Gasteiger partial charge in [0.15, 0.2) is 0 Å². The largest absolute Gasteiger partial charge is 0.457 e. The molecule has 0 unspecified atom stereocenters. The van der Waals surface area contributed by atoms with Crippen molar-refractivity contribution in [1.29, 1.82) is 0 Å². The number of carbonyl (C=O) groups is 2. The molecule has 218 valence electrons. The fourth-order valence-electron chi connectivity index (χ4n) is 3.96. The molecular formula is C32H22N4O8. The van der Waals surface area contributed by atoms with E-state index in [1.165, 1.54) is 48.5 Å². The van der Waals surface area contributed by atoms with E-state index in [9.17, 15) is 29.8 Å². The maximum absolute atomic E-state index is 12.4. The van der Waals surface area contributed by atoms with E-state index >= 15 is 0 Å². The number of hydrogen-bond acceptors (Lipinski definition) is 8. The Labute approximate surface area is 249 Å². The fraction of sp³-hybridized carbons (Fsp3) is 0. The van der Waals surface area contributed by atoms with E-state index in [1.54, 1.807) is 72.8 Å². The number of amides is 2. The van der Waals surface area contributed by atoms with E-state index in [-0.39, 0.29) is 22.5 Å². The van der Waals surface area contributed by atoms with Crippen molar-refractivity contribution in [2.45, 2.75) is 0 Å². The van der Waals surface area contributed by atoms with E-state index < -0.39 is 21.7 Å². The first-order chi connectivity index (χ1) is 21.2. The molecule has 12 heteroatoms. The zero-order chi connectivity index (χ0) is 31.1. The van der Waals surface area contributed by atoms with Crippen LogP contribution in [0.5, 0.6) is 23.0 Å². The second-order valence-electron chi connectivity index (χ2n) is 9.24. The van der Waals surface area contributed by atoms with Gasteiger partial charge in [-0.3, -0.25) is 29.8 Å². The summed E-state index contributed by atoms with van der Waals surface area (Å²) in [6.07, 6.45) is 0. The van der Waals surface area contributed by atoms with Gasteiger partial charge in [0.2, 0.25) is 0 Å². The molecule has 44 heavy (non-hydrogen) atoms. The van der Waals surface area contributed by atoms with Crippen LogP contribution in [0.2, 0.25) is 0 Å². The van der Waals surface area contributed by atoms with Gasteiger partial charge in [-0.15, -0.1) is 0 Å². The molecule has 2 amide bonds. The van der Waals surface area contributed by atoms with E-state index in [4.69, 9.17) is 9.47 Å². The summed E-state index contributed by atoms with van der Waals surface area (Å²) < 4.78 is 11.8. The van der Waals surface area contributed by atoms with E-state index in [2.05, 4.69) is 10.6 Å². The van der Waals surface area contributed by atoms with Crippen LogP contribution in [-0.2, 0) is 0 Å². The Balaban J connectivity index is 1.15. The number of rotatable bonds is 10. The lowest BCUT2D eigenvalue weighted by molar-refractivity contribution is -0.385. The number of anilines is 2. The summed E-state index contributed by atoms with van der Waals surface area (Å²) in [5.74, 6) is 1.25. The van der Waals surface area contributed by atoms with E-state index in [1.807, 2.05) is 0 Å². The third kappa shape index (κ3) is 7.39. The molecule has 12 nitrogen and oxygen atoms in total. The van der Waals surface area contributed by atoms with E-state index in [0.717, 1.165) is 0 Å². The number of nitrogens with zero attached hydrogens (tertiary/aromatic N) is 2. The summed E-state index contributed by atoms with van der Waals surface area (Å²) in [5, 5.41) is 27.1. The Morgan fingerprint density at radius 2 is 0.864 bits per heavy atom. The molecule has 0 atom stereocenters. The van der Waals surface area contributed by atoms with Gasteiger partial charge in [0, 0.05) is 52.8 Å². The molecule has 5 rings (SSSR count). The normalized spacial score (nSPS) is 10.4. The summed E-state index contributed by atoms with van der Waals surface area (Å²) >= 11 is 0. The first-order valence-electron chi connectivity index (χ1n) is 13.0. The Kier molecular flexibility index (Phi) is 8.52. The Morgan fingerprint density at radius 3 is 1.20 bits per heavy atom. The number of nitrogens with one attached hydrogen (secondary N) is 2. The number of ether oxygens (including phenoxy) is 2. The van der Waals surface area contributed by atoms with Gasteiger partial charge in [-0.25, -0.2) is 0 Å². The van der Waals surface area contributed by atoms with Crippen LogP contribution in [0.4, 0.5) is 22.7 Å². The summed E-state index contributed by atoms with van der Waals surface area (Å²) in [7, 11) is 0. The topological polar surface area (TPSA) is 163 Å². The fourth-order valence-corrected chi connectivity index (χ4v) is 3.96. The van der Waals surface area contributed by atoms with Gasteiger partial charge in [-0.05, 0) is 84.9 Å². The maximum Gasteiger partial charge on any atom is 0.269 e. The highest BCUT2D eigenvalue weighted by atomic mass is 16.6. The average Bonchev–Trinajstić information content (AvgIpc) is 3.03. The molecule has 0 bridgehead atoms. The molecular weight excluding hydrogens is 568 g/mol. The average molecular weight is 591 g/mol. The minimum atomic E-state index is -0.531. The van der Waals surface area contributed by atoms with Gasteiger partial charge in [-0.2, -0.15) is 0 Å². The molecule has 0 fully saturated rings. The van der Waals surface area contributed by atoms with Gasteiger partial charge < -0.3 is 20.1 Å². The van der Waals surface area contributed by atoms with Crippen LogP contribution in [0.3, 0.4) is 0 Å². The van der Waals surface area contributed by atoms with Crippen LogP contribution < -0.4 is 20.1 Å². The lowest BCUT2D eigenvalue weighted by Crippen LogP contribution is -2.11. The van der Waals surface area contributed by atoms with Crippen LogP contribution in [-0.4, -0.2) is 21.7 Å². The molecule has 0 spiro atoms. The van der Waals surface area contributed by atoms with Crippen LogP contribution in [0.15, 0.2) is 121 Å². The highest BCUT2D eigenvalue weighted by molar-refractivity contribution is 6.05. The number of carbonyl (C=O) groups excluding carboxylic acids is 2. The van der Waals surface area contributed by atoms with Crippen molar-refractivity contribution in [1.82, 2.24) is 0 Å². The lowest BCUT2D eigenvalue weighted by Gasteiger charge is -2.11. The van der Waals surface area contributed by atoms with Crippen LogP contribution in [0, 0.1) is 20.2 Å². The molecule has 5 aromatic carbocycles. The van der Waals surface area contributed by atoms with Gasteiger partial charge in [0.1, 0.15) is 23.0 Å². The van der Waals surface area contributed by atoms with Crippen LogP contribution in [0.25, 0.3) is 0 Å². The minimum absolute atomic E-state index is 0.0980. The number of nitro benzene ring substituents is 2. The van der Waals surface area contributed by atoms with Crippen molar-refractivity contribution >= 4 is 34.6 Å². The van der Waals surface area contributed by atoms with Gasteiger partial charge in [0.25, 0.3) is 23.2 Å². The number of hydrogen-bond donors (Lipinski definition) is 2. The number of benzene rings is 5. The SMILES string of the molecule is O=C(Nc1ccc(Oc2cccc(Oc3ccc(NC(=O)c4ccc([N+](=O)[O-])cc4)cc3)c2)cc1)c1ccc([N+](=O)[O-])cc1. The third-order valence-corrected chi connectivity index (χ3v) is 6.18. The Bertz CT molecular complexity index is 1690. The molecule has 0 aromatic heterocycles. The molecule has 0 aliphatic rings. The minimum Gasteiger partial charge on any atom is -0.457 e. The van der Waals surface area contributed by atoms with Crippen molar-refractivity contribution in [3.63, 3.8) is 0 Å². The predicted octanol–water partition coefficient (Wildman–Crippen LogP) is 7.59. The summed E-state index contributed by atoms with van der Waals surface area (Å²) in [4.78, 5) is 45.4. The zero-order valence-electron chi connectivity index (χ0n) is 22.7. The predicted molar refractivity (Wildman–Crippen MR) is 162 cm³/mol. The second kappa shape index (κ2) is 13.0. The quantitative estimate of drug-likeness (QED) is 0.124. The van der Waals surface area contributed by atoms with Crippen molar-refractivity contribution in [3.8, 4) is 23.0 Å². The van der Waals surface area contributed by atoms with Crippen molar-refractivity contribution in [3.05, 3.63) is 153 Å².